The molecule has 1 aromatic carbocycles. The number of aliphatic hydroxyl groups is 8. The minimum absolute atomic E-state index is 0.164. The van der Waals surface area contributed by atoms with Crippen molar-refractivity contribution in [2.24, 2.45) is 11.7 Å². The molecule has 15 atom stereocenters. The van der Waals surface area contributed by atoms with Gasteiger partial charge in [-0.3, -0.25) is 33.6 Å². The van der Waals surface area contributed by atoms with Crippen LogP contribution in [0, 0.1) is 5.92 Å². The number of carbonyl (C=O) groups excluding carboxylic acids is 7. The number of hydrogen-bond donors (Lipinski definition) is 15. The second-order valence-corrected chi connectivity index (χ2v) is 15.7. The molecule has 63 heavy (non-hydrogen) atoms. The number of fused-ring (bicyclic) bond motifs is 2. The number of nitrogens with zero attached hydrogens (tertiary/aromatic N) is 2. The van der Waals surface area contributed by atoms with Crippen molar-refractivity contribution in [2.45, 2.75) is 119 Å². The van der Waals surface area contributed by atoms with Gasteiger partial charge in [-0.1, -0.05) is 19.1 Å². The van der Waals surface area contributed by atoms with Gasteiger partial charge in [0, 0.05) is 31.8 Å². The van der Waals surface area contributed by atoms with Crippen LogP contribution in [0.5, 0.6) is 5.75 Å². The number of carboxylic acids is 1. The van der Waals surface area contributed by atoms with E-state index in [0.717, 1.165) is 47.9 Å². The Morgan fingerprint density at radius 2 is 1.33 bits per heavy atom. The van der Waals surface area contributed by atoms with Gasteiger partial charge in [-0.2, -0.15) is 0 Å². The van der Waals surface area contributed by atoms with Crippen molar-refractivity contribution in [3.05, 3.63) is 29.8 Å². The second-order valence-electron chi connectivity index (χ2n) is 15.7. The van der Waals surface area contributed by atoms with E-state index < -0.39 is 165 Å². The summed E-state index contributed by atoms with van der Waals surface area (Å²) in [6.45, 7) is 1.92. The van der Waals surface area contributed by atoms with E-state index in [4.69, 9.17) is 15.6 Å². The van der Waals surface area contributed by atoms with Crippen LogP contribution >= 0.6 is 0 Å². The molecule has 3 aliphatic rings. The molecule has 1 aromatic rings. The molecule has 26 heteroatoms. The lowest BCUT2D eigenvalue weighted by atomic mass is 9.96. The Kier molecular flexibility index (Phi) is 16.8. The second kappa shape index (κ2) is 21.2. The molecular weight excluding hydrogens is 844 g/mol. The SMILES string of the molecule is C[C@@H]1CN2C(=O)[C@H]([C@@H](C)O)NC(=O)[C@H]([C@H](O)[C@@H](O)c3ccc(OC(=O)NCC(=O)O)cc3)NC(=O)[C@@H]3C[C@@H](O)CN3C(=O)[C@H]([C@@H](C)O)NC(=O)[C@@H](N)C[C@@H](O)[C@@H](O)NC(=O)[C@@H]2[C@@H]1O. The third-order valence-corrected chi connectivity index (χ3v) is 10.8. The van der Waals surface area contributed by atoms with Crippen molar-refractivity contribution in [1.29, 1.82) is 0 Å². The normalized spacial score (nSPS) is 32.3. The van der Waals surface area contributed by atoms with Crippen LogP contribution < -0.4 is 37.1 Å². The predicted molar refractivity (Wildman–Crippen MR) is 208 cm³/mol. The molecule has 0 saturated carbocycles. The summed E-state index contributed by atoms with van der Waals surface area (Å²) in [5.74, 6) is -9.75. The van der Waals surface area contributed by atoms with Crippen molar-refractivity contribution in [1.82, 2.24) is 36.4 Å². The van der Waals surface area contributed by atoms with Crippen molar-refractivity contribution >= 4 is 47.5 Å². The molecule has 7 amide bonds. The molecule has 4 rings (SSSR count). The van der Waals surface area contributed by atoms with Gasteiger partial charge in [-0.15, -0.1) is 0 Å². The van der Waals surface area contributed by atoms with Crippen molar-refractivity contribution < 1.29 is 89.1 Å². The third-order valence-electron chi connectivity index (χ3n) is 10.8. The molecule has 0 aliphatic carbocycles. The molecule has 3 heterocycles. The number of nitrogens with two attached hydrogens (primary N) is 1. The number of aliphatic carboxylic acids is 1. The summed E-state index contributed by atoms with van der Waals surface area (Å²) in [6.07, 6.45) is -17.5. The topological polar surface area (TPSA) is 421 Å². The van der Waals surface area contributed by atoms with E-state index in [1.165, 1.54) is 6.92 Å². The fourth-order valence-electron chi connectivity index (χ4n) is 7.28. The monoisotopic (exact) mass is 898 g/mol. The molecule has 26 nitrogen and oxygen atoms in total. The number of carboxylic acid groups (broad SMARTS) is 1. The zero-order valence-electron chi connectivity index (χ0n) is 34.2. The lowest BCUT2D eigenvalue weighted by molar-refractivity contribution is -0.148. The van der Waals surface area contributed by atoms with E-state index in [1.54, 1.807) is 0 Å². The molecule has 0 radical (unpaired) electrons. The maximum Gasteiger partial charge on any atom is 0.413 e. The lowest BCUT2D eigenvalue weighted by Gasteiger charge is -2.34. The number of amides is 7. The lowest BCUT2D eigenvalue weighted by Crippen LogP contribution is -2.64. The Morgan fingerprint density at radius 1 is 0.778 bits per heavy atom. The number of ether oxygens (including phenoxy) is 1. The van der Waals surface area contributed by atoms with Crippen LogP contribution in [-0.4, -0.2) is 202 Å². The zero-order valence-corrected chi connectivity index (χ0v) is 34.2. The largest absolute Gasteiger partial charge is 0.480 e. The van der Waals surface area contributed by atoms with Crippen molar-refractivity contribution in [3.63, 3.8) is 0 Å². The Balaban J connectivity index is 1.76. The number of hydrogen-bond acceptors (Lipinski definition) is 18. The molecule has 350 valence electrons. The van der Waals surface area contributed by atoms with E-state index in [-0.39, 0.29) is 17.9 Å². The van der Waals surface area contributed by atoms with Crippen molar-refractivity contribution in [2.75, 3.05) is 19.6 Å². The van der Waals surface area contributed by atoms with Crippen LogP contribution in [0.3, 0.4) is 0 Å². The fourth-order valence-corrected chi connectivity index (χ4v) is 7.28. The number of carbonyl (C=O) groups is 8. The standard InChI is InChI=1S/C37H54N8O18/c1-13-11-45-26(27(13)52)34(59)43-32(57)21(49)9-19(38)30(55)40-23(14(2)46)35(60)44-12-17(48)8-20(44)31(56)42-25(33(58)41-24(15(3)47)36(45)61)29(54)28(53)16-4-6-18(7-5-16)63-37(62)39-10-22(50)51/h4-7,13-15,17,19-21,23-29,32,46-49,52-54,57H,8-12,38H2,1-3H3,(H,39,62)(H,40,55)(H,41,58)(H,42,56)(H,43,59)(H,50,51)/t13-,14-,15-,17-,19+,20+,21-,23+,24+,25+,26+,27-,28+,29+,32-/m1/s1. The quantitative estimate of drug-likeness (QED) is 0.115. The van der Waals surface area contributed by atoms with Crippen LogP contribution in [0.15, 0.2) is 24.3 Å². The maximum atomic E-state index is 14.2. The Labute approximate surface area is 358 Å². The summed E-state index contributed by atoms with van der Waals surface area (Å²) in [6, 6.07) is -6.87. The summed E-state index contributed by atoms with van der Waals surface area (Å²) < 4.78 is 4.95. The highest BCUT2D eigenvalue weighted by Crippen LogP contribution is 2.27. The molecule has 0 spiro atoms. The highest BCUT2D eigenvalue weighted by atomic mass is 16.6. The summed E-state index contributed by atoms with van der Waals surface area (Å²) >= 11 is 0. The van der Waals surface area contributed by atoms with Gasteiger partial charge in [-0.25, -0.2) is 4.79 Å². The first-order chi connectivity index (χ1) is 29.4. The van der Waals surface area contributed by atoms with Crippen LogP contribution in [-0.2, 0) is 33.6 Å². The molecule has 16 N–H and O–H groups in total. The molecule has 0 unspecified atom stereocenters. The van der Waals surface area contributed by atoms with Gasteiger partial charge in [0.1, 0.15) is 60.8 Å². The molecule has 0 bridgehead atoms. The maximum absolute atomic E-state index is 14.2. The van der Waals surface area contributed by atoms with Gasteiger partial charge in [0.25, 0.3) is 0 Å². The van der Waals surface area contributed by atoms with E-state index in [1.807, 2.05) is 10.6 Å². The van der Waals surface area contributed by atoms with Crippen molar-refractivity contribution in [3.8, 4) is 5.75 Å². The highest BCUT2D eigenvalue weighted by Gasteiger charge is 2.50. The predicted octanol–water partition coefficient (Wildman–Crippen LogP) is -7.83. The summed E-state index contributed by atoms with van der Waals surface area (Å²) in [5.41, 5.74) is 5.77. The van der Waals surface area contributed by atoms with E-state index in [2.05, 4.69) is 16.0 Å². The van der Waals surface area contributed by atoms with Gasteiger partial charge in [-0.05, 0) is 31.5 Å². The minimum atomic E-state index is -2.35. The van der Waals surface area contributed by atoms with Crippen LogP contribution in [0.25, 0.3) is 0 Å². The van der Waals surface area contributed by atoms with Crippen LogP contribution in [0.2, 0.25) is 0 Å². The average Bonchev–Trinajstić information content (AvgIpc) is 3.76. The van der Waals surface area contributed by atoms with E-state index >= 15 is 0 Å². The van der Waals surface area contributed by atoms with Gasteiger partial charge >= 0.3 is 12.1 Å². The fraction of sp³-hybridized carbons (Fsp3) is 0.622. The minimum Gasteiger partial charge on any atom is -0.480 e. The Hall–Kier alpha value is -5.58. The van der Waals surface area contributed by atoms with E-state index in [9.17, 15) is 79.2 Å². The van der Waals surface area contributed by atoms with Gasteiger partial charge in [0.05, 0.1) is 30.5 Å². The summed E-state index contributed by atoms with van der Waals surface area (Å²) in [5, 5.41) is 107. The number of nitrogens with one attached hydrogen (secondary N) is 5. The molecular formula is C37H54N8O18. The van der Waals surface area contributed by atoms with Crippen LogP contribution in [0.1, 0.15) is 45.3 Å². The Bertz CT molecular complexity index is 1870. The van der Waals surface area contributed by atoms with Gasteiger partial charge in [0.2, 0.25) is 35.4 Å². The number of benzene rings is 1. The molecule has 3 aliphatic heterocycles. The highest BCUT2D eigenvalue weighted by molar-refractivity contribution is 5.98. The van der Waals surface area contributed by atoms with Crippen LogP contribution in [0.4, 0.5) is 4.79 Å². The number of rotatable bonds is 8. The van der Waals surface area contributed by atoms with Gasteiger partial charge < -0.3 is 92.8 Å². The summed E-state index contributed by atoms with van der Waals surface area (Å²) in [4.78, 5) is 107. The Morgan fingerprint density at radius 3 is 1.90 bits per heavy atom. The molecule has 3 saturated heterocycles. The average molecular weight is 899 g/mol. The zero-order chi connectivity index (χ0) is 47.2. The first-order valence-electron chi connectivity index (χ1n) is 19.7. The third kappa shape index (κ3) is 12.1. The molecule has 0 aromatic heterocycles. The first-order valence-corrected chi connectivity index (χ1v) is 19.7. The summed E-state index contributed by atoms with van der Waals surface area (Å²) in [7, 11) is 0. The number of aliphatic hydroxyl groups excluding tert-OH is 8. The van der Waals surface area contributed by atoms with E-state index in [0.29, 0.717) is 0 Å². The molecule has 3 fully saturated rings. The smallest absolute Gasteiger partial charge is 0.413 e. The first kappa shape index (κ1) is 50.1. The van der Waals surface area contributed by atoms with Gasteiger partial charge in [0.15, 0.2) is 6.23 Å².